The van der Waals surface area contributed by atoms with Gasteiger partial charge in [0.2, 0.25) is 11.8 Å². The van der Waals surface area contributed by atoms with Crippen molar-refractivity contribution in [2.24, 2.45) is 0 Å². The molecule has 0 atom stereocenters. The molecule has 0 aliphatic carbocycles. The molecule has 19 nitrogen and oxygen atoms in total. The van der Waals surface area contributed by atoms with Crippen LogP contribution in [0.5, 0.6) is 11.5 Å². The highest BCUT2D eigenvalue weighted by Crippen LogP contribution is 2.35. The number of carbonyl (C=O) groups is 4. The van der Waals surface area contributed by atoms with Crippen LogP contribution in [0.25, 0.3) is 32.9 Å². The van der Waals surface area contributed by atoms with E-state index in [-0.39, 0.29) is 61.7 Å². The Morgan fingerprint density at radius 3 is 1.27 bits per heavy atom. The number of urea groups is 2. The van der Waals surface area contributed by atoms with E-state index in [0.717, 1.165) is 66.6 Å². The number of amides is 6. The van der Waals surface area contributed by atoms with Crippen molar-refractivity contribution in [2.75, 3.05) is 51.4 Å². The van der Waals surface area contributed by atoms with E-state index in [2.05, 4.69) is 88.7 Å². The quantitative estimate of drug-likeness (QED) is 0.0424. The first-order valence-corrected chi connectivity index (χ1v) is 28.7. The van der Waals surface area contributed by atoms with E-state index in [1.165, 1.54) is 0 Å². The monoisotopic (exact) mass is 1200 g/mol. The number of nitrogens with zero attached hydrogens (tertiary/aromatic N) is 6. The van der Waals surface area contributed by atoms with Gasteiger partial charge in [-0.15, -0.1) is 11.6 Å². The number of likely N-dealkylation sites (N-methyl/N-ethyl adjacent to an activating group) is 1. The Bertz CT molecular complexity index is 4090. The number of fused-ring (bicyclic) bond motifs is 2. The van der Waals surface area contributed by atoms with Crippen LogP contribution in [-0.4, -0.2) is 72.9 Å². The summed E-state index contributed by atoms with van der Waals surface area (Å²) in [7, 11) is 1.71. The number of benzene rings is 6. The van der Waals surface area contributed by atoms with Crippen LogP contribution in [0, 0.1) is 13.8 Å². The minimum absolute atomic E-state index is 0. The average molecular weight is 1200 g/mol. The fraction of sp³-hybridized carbons (Fsp3) is 0.235. The second-order valence-electron chi connectivity index (χ2n) is 22.7. The highest BCUT2D eigenvalue weighted by atomic mass is 35.5. The summed E-state index contributed by atoms with van der Waals surface area (Å²) in [5, 5.41) is 33.1. The lowest BCUT2D eigenvalue weighted by Crippen LogP contribution is -2.25. The number of hydrogen-bond acceptors (Lipinski definition) is 11. The molecular formula is C68H74ClN13O6. The molecule has 7 N–H and O–H groups in total. The van der Waals surface area contributed by atoms with Crippen LogP contribution < -0.4 is 46.7 Å². The number of rotatable bonds is 17. The second kappa shape index (κ2) is 28.4. The Morgan fingerprint density at radius 1 is 0.489 bits per heavy atom. The molecule has 6 aromatic carbocycles. The third kappa shape index (κ3) is 16.4. The third-order valence-corrected chi connectivity index (χ3v) is 13.9. The maximum Gasteiger partial charge on any atom is 0.324 e. The molecule has 0 saturated heterocycles. The summed E-state index contributed by atoms with van der Waals surface area (Å²) in [6.07, 6.45) is 3.23. The lowest BCUT2D eigenvalue weighted by Gasteiger charge is -2.15. The second-order valence-corrected chi connectivity index (χ2v) is 23.0. The molecule has 6 amide bonds. The molecule has 0 fully saturated rings. The van der Waals surface area contributed by atoms with Crippen molar-refractivity contribution in [1.82, 2.24) is 34.8 Å². The smallest absolute Gasteiger partial charge is 0.324 e. The average Bonchev–Trinajstić information content (AvgIpc) is 1.77. The van der Waals surface area contributed by atoms with Gasteiger partial charge in [-0.05, 0) is 105 Å². The largest absolute Gasteiger partial charge is 0.488 e. The van der Waals surface area contributed by atoms with Gasteiger partial charge in [0.1, 0.15) is 53.9 Å². The van der Waals surface area contributed by atoms with Crippen molar-refractivity contribution in [3.8, 4) is 22.9 Å². The van der Waals surface area contributed by atoms with Gasteiger partial charge in [0.05, 0.1) is 40.7 Å². The Morgan fingerprint density at radius 2 is 0.886 bits per heavy atom. The molecule has 0 aliphatic rings. The summed E-state index contributed by atoms with van der Waals surface area (Å²) in [6.45, 7) is 17.3. The predicted octanol–water partition coefficient (Wildman–Crippen LogP) is 14.5. The van der Waals surface area contributed by atoms with E-state index in [1.807, 2.05) is 159 Å². The minimum Gasteiger partial charge on any atom is -0.488 e. The highest BCUT2D eigenvalue weighted by molar-refractivity contribution is 6.29. The lowest BCUT2D eigenvalue weighted by atomic mass is 9.92. The molecule has 0 bridgehead atoms. The molecule has 10 aromatic rings. The topological polar surface area (TPSA) is 232 Å². The molecule has 4 aromatic heterocycles. The summed E-state index contributed by atoms with van der Waals surface area (Å²) >= 11 is 5.58. The van der Waals surface area contributed by atoms with Gasteiger partial charge in [-0.25, -0.2) is 28.9 Å². The summed E-state index contributed by atoms with van der Waals surface area (Å²) in [4.78, 5) is 58.5. The number of carbonyl (C=O) groups excluding carboxylic acids is 4. The summed E-state index contributed by atoms with van der Waals surface area (Å²) in [5.74, 6) is 2.65. The standard InChI is InChI=1S/C34H37N7O3.C33H33ClN6O3.CH4/c1-22-10-12-24(13-11-22)41-31(19-29(40-41)34(2,3)4)39-33(43)37-27-14-15-28(26-9-7-6-8-25(26)27)44-21-23-16-17-36-30(18-23)38-32(42)20-35-5;1-21-9-11-23(12-10-21)40-30(18-28(39-40)33(2,3)4)38-32(42)36-26-13-14-27(25-8-6-5-7-24(25)26)43-20-22-15-16-35-29(17-22)37-31(41)19-34;/h6-19,35H,20-21H2,1-5H3,(H,36,38,42)(H2,37,39,43);5-18H,19-20H2,1-4H3,(H,35,37,41)(H2,36,38,42);1H4. The fourth-order valence-corrected chi connectivity index (χ4v) is 9.17. The zero-order valence-corrected chi connectivity index (χ0v) is 50.8. The van der Waals surface area contributed by atoms with Crippen molar-refractivity contribution >= 4 is 91.7 Å². The first-order chi connectivity index (χ1) is 41.7. The van der Waals surface area contributed by atoms with E-state index in [1.54, 1.807) is 40.9 Å². The number of halogens is 1. The van der Waals surface area contributed by atoms with Crippen LogP contribution in [0.4, 0.5) is 44.2 Å². The Kier molecular flexibility index (Phi) is 20.6. The summed E-state index contributed by atoms with van der Waals surface area (Å²) in [5.41, 5.74) is 8.26. The van der Waals surface area contributed by atoms with Crippen molar-refractivity contribution in [3.05, 3.63) is 204 Å². The molecule has 20 heteroatoms. The molecule has 88 heavy (non-hydrogen) atoms. The SMILES string of the molecule is C.CNCC(=O)Nc1cc(COc2ccc(NC(=O)Nc3cc(C(C)(C)C)nn3-c3ccc(C)cc3)c3ccccc23)ccn1.Cc1ccc(-n2nc(C(C)(C)C)cc2NC(=O)Nc2ccc(OCc3ccnc(NC(=O)CCl)c3)c3ccccc23)cc1. The fourth-order valence-electron chi connectivity index (χ4n) is 9.10. The number of anilines is 6. The number of pyridine rings is 2. The predicted molar refractivity (Wildman–Crippen MR) is 353 cm³/mol. The Balaban J connectivity index is 0.000000225. The normalized spacial score (nSPS) is 11.2. The van der Waals surface area contributed by atoms with Gasteiger partial charge >= 0.3 is 12.1 Å². The van der Waals surface area contributed by atoms with Crippen LogP contribution in [0.3, 0.4) is 0 Å². The molecule has 0 unspecified atom stereocenters. The Labute approximate surface area is 517 Å². The first kappa shape index (κ1) is 63.9. The van der Waals surface area contributed by atoms with Crippen LogP contribution in [0.1, 0.15) is 82.6 Å². The van der Waals surface area contributed by atoms with E-state index in [4.69, 9.17) is 31.3 Å². The van der Waals surface area contributed by atoms with Crippen LogP contribution in [-0.2, 0) is 33.6 Å². The van der Waals surface area contributed by atoms with E-state index >= 15 is 0 Å². The lowest BCUT2D eigenvalue weighted by molar-refractivity contribution is -0.115. The van der Waals surface area contributed by atoms with Gasteiger partial charge < -0.3 is 36.1 Å². The number of alkyl halides is 1. The van der Waals surface area contributed by atoms with Gasteiger partial charge in [0, 0.05) is 56.9 Å². The van der Waals surface area contributed by atoms with Crippen molar-refractivity contribution in [3.63, 3.8) is 0 Å². The van der Waals surface area contributed by atoms with E-state index in [9.17, 15) is 19.2 Å². The van der Waals surface area contributed by atoms with Gasteiger partial charge in [-0.3, -0.25) is 20.2 Å². The highest BCUT2D eigenvalue weighted by Gasteiger charge is 2.24. The molecule has 0 spiro atoms. The molecule has 0 radical (unpaired) electrons. The van der Waals surface area contributed by atoms with Gasteiger partial charge in [0.25, 0.3) is 0 Å². The number of aromatic nitrogens is 6. The number of ether oxygens (including phenoxy) is 2. The molecule has 0 saturated carbocycles. The minimum atomic E-state index is -0.393. The van der Waals surface area contributed by atoms with Crippen LogP contribution in [0.15, 0.2) is 170 Å². The summed E-state index contributed by atoms with van der Waals surface area (Å²) < 4.78 is 15.8. The van der Waals surface area contributed by atoms with Crippen LogP contribution >= 0.6 is 11.6 Å². The zero-order chi connectivity index (χ0) is 61.8. The first-order valence-electron chi connectivity index (χ1n) is 28.2. The molecular weight excluding hydrogens is 1130 g/mol. The van der Waals surface area contributed by atoms with Crippen LogP contribution in [0.2, 0.25) is 0 Å². The number of nitrogens with one attached hydrogen (secondary N) is 7. The van der Waals surface area contributed by atoms with Crippen molar-refractivity contribution in [2.45, 2.75) is 86.9 Å². The molecule has 454 valence electrons. The van der Waals surface area contributed by atoms with Crippen molar-refractivity contribution in [1.29, 1.82) is 0 Å². The third-order valence-electron chi connectivity index (χ3n) is 13.7. The van der Waals surface area contributed by atoms with Gasteiger partial charge in [-0.1, -0.05) is 133 Å². The van der Waals surface area contributed by atoms with E-state index in [0.29, 0.717) is 46.1 Å². The molecule has 10 rings (SSSR count). The molecule has 4 heterocycles. The number of hydrogen-bond donors (Lipinski definition) is 7. The summed E-state index contributed by atoms with van der Waals surface area (Å²) in [6, 6.07) is 48.9. The number of aryl methyl sites for hydroxylation is 2. The zero-order valence-electron chi connectivity index (χ0n) is 50.0. The Hall–Kier alpha value is -10.1. The van der Waals surface area contributed by atoms with E-state index < -0.39 is 6.03 Å². The maximum atomic E-state index is 13.3. The van der Waals surface area contributed by atoms with Gasteiger partial charge in [0.15, 0.2) is 0 Å². The maximum absolute atomic E-state index is 13.3. The molecule has 0 aliphatic heterocycles. The van der Waals surface area contributed by atoms with Crippen molar-refractivity contribution < 1.29 is 28.7 Å². The van der Waals surface area contributed by atoms with Gasteiger partial charge in [-0.2, -0.15) is 10.2 Å².